The number of piperazine rings is 1. The van der Waals surface area contributed by atoms with E-state index in [0.717, 1.165) is 43.5 Å². The van der Waals surface area contributed by atoms with Gasteiger partial charge in [0.15, 0.2) is 0 Å². The lowest BCUT2D eigenvalue weighted by Gasteiger charge is -2.32. The Hall–Kier alpha value is -3.77. The summed E-state index contributed by atoms with van der Waals surface area (Å²) in [5.74, 6) is -0.441. The quantitative estimate of drug-likeness (QED) is 0.543. The Morgan fingerprint density at radius 2 is 1.51 bits per heavy atom. The van der Waals surface area contributed by atoms with Crippen LogP contribution in [-0.4, -0.2) is 66.8 Å². The van der Waals surface area contributed by atoms with Crippen molar-refractivity contribution in [3.8, 4) is 0 Å². The number of carbonyl (C=O) groups is 3. The maximum Gasteiger partial charge on any atom is 0.261 e. The Morgan fingerprint density at radius 1 is 0.857 bits per heavy atom. The molecule has 3 amide bonds. The van der Waals surface area contributed by atoms with Crippen LogP contribution in [0.15, 0.2) is 72.8 Å². The first-order chi connectivity index (χ1) is 17.1. The molecule has 178 valence electrons. The SMILES string of the molecule is O=C(CCCN1C(=O)c2cccc3cccc(c23)C1=O)N1CC[NH+](CC=Cc2ccccc2)CC1. The number of amides is 3. The van der Waals surface area contributed by atoms with Crippen molar-refractivity contribution in [2.75, 3.05) is 39.3 Å². The van der Waals surface area contributed by atoms with E-state index in [0.29, 0.717) is 24.0 Å². The highest BCUT2D eigenvalue weighted by molar-refractivity contribution is 6.25. The smallest absolute Gasteiger partial charge is 0.261 e. The van der Waals surface area contributed by atoms with Gasteiger partial charge in [0.2, 0.25) is 5.91 Å². The monoisotopic (exact) mass is 468 g/mol. The lowest BCUT2D eigenvalue weighted by molar-refractivity contribution is -0.898. The van der Waals surface area contributed by atoms with Crippen molar-refractivity contribution in [2.45, 2.75) is 12.8 Å². The molecular formula is C29H30N3O3+. The molecule has 1 saturated heterocycles. The van der Waals surface area contributed by atoms with Gasteiger partial charge in [-0.25, -0.2) is 0 Å². The Bertz CT molecular complexity index is 1230. The van der Waals surface area contributed by atoms with Gasteiger partial charge in [0, 0.05) is 29.5 Å². The van der Waals surface area contributed by atoms with E-state index in [2.05, 4.69) is 24.3 Å². The van der Waals surface area contributed by atoms with E-state index in [9.17, 15) is 14.4 Å². The fourth-order valence-electron chi connectivity index (χ4n) is 5.03. The van der Waals surface area contributed by atoms with Gasteiger partial charge in [-0.15, -0.1) is 0 Å². The van der Waals surface area contributed by atoms with Gasteiger partial charge < -0.3 is 9.80 Å². The van der Waals surface area contributed by atoms with Crippen LogP contribution in [-0.2, 0) is 4.79 Å². The van der Waals surface area contributed by atoms with Crippen LogP contribution in [0.5, 0.6) is 0 Å². The zero-order valence-corrected chi connectivity index (χ0v) is 19.8. The molecule has 0 atom stereocenters. The summed E-state index contributed by atoms with van der Waals surface area (Å²) in [5.41, 5.74) is 2.32. The number of benzene rings is 3. The second-order valence-corrected chi connectivity index (χ2v) is 9.22. The molecular weight excluding hydrogens is 438 g/mol. The summed E-state index contributed by atoms with van der Waals surface area (Å²) in [6.07, 6.45) is 5.16. The lowest BCUT2D eigenvalue weighted by atomic mass is 9.94. The van der Waals surface area contributed by atoms with E-state index in [4.69, 9.17) is 0 Å². The topological polar surface area (TPSA) is 62.1 Å². The van der Waals surface area contributed by atoms with Crippen LogP contribution >= 0.6 is 0 Å². The van der Waals surface area contributed by atoms with E-state index in [1.807, 2.05) is 47.4 Å². The maximum atomic E-state index is 13.0. The predicted molar refractivity (Wildman–Crippen MR) is 136 cm³/mol. The molecule has 0 aromatic heterocycles. The molecule has 0 unspecified atom stereocenters. The van der Waals surface area contributed by atoms with Gasteiger partial charge in [-0.2, -0.15) is 0 Å². The van der Waals surface area contributed by atoms with Crippen molar-refractivity contribution in [3.63, 3.8) is 0 Å². The van der Waals surface area contributed by atoms with Crippen LogP contribution in [0.2, 0.25) is 0 Å². The fraction of sp³-hybridized carbons (Fsp3) is 0.276. The number of hydrogen-bond acceptors (Lipinski definition) is 3. The molecule has 2 aliphatic heterocycles. The van der Waals surface area contributed by atoms with E-state index in [1.165, 1.54) is 15.4 Å². The van der Waals surface area contributed by atoms with Gasteiger partial charge in [0.25, 0.3) is 11.8 Å². The summed E-state index contributed by atoms with van der Waals surface area (Å²) >= 11 is 0. The van der Waals surface area contributed by atoms with Gasteiger partial charge in [-0.05, 0) is 35.6 Å². The van der Waals surface area contributed by atoms with Crippen molar-refractivity contribution in [2.24, 2.45) is 0 Å². The van der Waals surface area contributed by atoms with E-state index in [1.54, 1.807) is 12.1 Å². The standard InChI is InChI=1S/C29H29N3O3/c33-26(31-20-18-30(19-21-31)16-6-10-22-8-2-1-3-9-22)15-7-17-32-28(34)24-13-4-11-23-12-5-14-25(27(23)24)29(32)35/h1-6,8-14H,7,15-21H2/p+1. The highest BCUT2D eigenvalue weighted by atomic mass is 16.2. The van der Waals surface area contributed by atoms with Gasteiger partial charge in [-0.3, -0.25) is 19.3 Å². The minimum Gasteiger partial charge on any atom is -0.331 e. The number of carbonyl (C=O) groups excluding carboxylic acids is 3. The van der Waals surface area contributed by atoms with Gasteiger partial charge in [0.05, 0.1) is 32.7 Å². The molecule has 35 heavy (non-hydrogen) atoms. The number of nitrogens with one attached hydrogen (secondary N) is 1. The normalized spacial score (nSPS) is 16.5. The molecule has 6 nitrogen and oxygen atoms in total. The minimum atomic E-state index is -0.271. The third-order valence-corrected chi connectivity index (χ3v) is 6.97. The molecule has 3 aromatic rings. The third kappa shape index (κ3) is 4.88. The predicted octanol–water partition coefficient (Wildman–Crippen LogP) is 2.66. The van der Waals surface area contributed by atoms with Crippen molar-refractivity contribution < 1.29 is 19.3 Å². The average Bonchev–Trinajstić information content (AvgIpc) is 2.90. The summed E-state index contributed by atoms with van der Waals surface area (Å²) in [6.45, 7) is 4.53. The summed E-state index contributed by atoms with van der Waals surface area (Å²) in [7, 11) is 0. The van der Waals surface area contributed by atoms with Crippen LogP contribution in [0.1, 0.15) is 39.1 Å². The zero-order valence-electron chi connectivity index (χ0n) is 19.8. The Balaban J connectivity index is 1.10. The lowest BCUT2D eigenvalue weighted by Crippen LogP contribution is -3.14. The molecule has 0 aliphatic carbocycles. The van der Waals surface area contributed by atoms with Gasteiger partial charge >= 0.3 is 0 Å². The van der Waals surface area contributed by atoms with Crippen LogP contribution in [0, 0.1) is 0 Å². The van der Waals surface area contributed by atoms with Crippen LogP contribution in [0.3, 0.4) is 0 Å². The molecule has 2 heterocycles. The molecule has 3 aromatic carbocycles. The van der Waals surface area contributed by atoms with Crippen molar-refractivity contribution in [1.82, 2.24) is 9.80 Å². The molecule has 0 saturated carbocycles. The minimum absolute atomic E-state index is 0.100. The highest BCUT2D eigenvalue weighted by Crippen LogP contribution is 2.30. The van der Waals surface area contributed by atoms with Crippen LogP contribution in [0.25, 0.3) is 16.8 Å². The zero-order chi connectivity index (χ0) is 24.2. The maximum absolute atomic E-state index is 13.0. The largest absolute Gasteiger partial charge is 0.331 e. The summed E-state index contributed by atoms with van der Waals surface area (Å²) in [4.78, 5) is 43.5. The number of quaternary nitrogens is 1. The number of nitrogens with zero attached hydrogens (tertiary/aromatic N) is 2. The van der Waals surface area contributed by atoms with Crippen molar-refractivity contribution in [1.29, 1.82) is 0 Å². The number of rotatable bonds is 7. The Labute approximate surface area is 205 Å². The molecule has 0 radical (unpaired) electrons. The molecule has 6 heteroatoms. The summed E-state index contributed by atoms with van der Waals surface area (Å²) in [5, 5.41) is 1.63. The first kappa shape index (κ1) is 23.0. The molecule has 0 bridgehead atoms. The van der Waals surface area contributed by atoms with Crippen LogP contribution in [0.4, 0.5) is 0 Å². The second-order valence-electron chi connectivity index (χ2n) is 9.22. The number of hydrogen-bond donors (Lipinski definition) is 1. The van der Waals surface area contributed by atoms with Gasteiger partial charge in [0.1, 0.15) is 0 Å². The summed E-state index contributed by atoms with van der Waals surface area (Å²) in [6, 6.07) is 21.3. The van der Waals surface area contributed by atoms with Crippen LogP contribution < -0.4 is 4.90 Å². The summed E-state index contributed by atoms with van der Waals surface area (Å²) < 4.78 is 0. The number of imide groups is 1. The Morgan fingerprint density at radius 3 is 2.17 bits per heavy atom. The van der Waals surface area contributed by atoms with Crippen molar-refractivity contribution in [3.05, 3.63) is 89.5 Å². The van der Waals surface area contributed by atoms with E-state index in [-0.39, 0.29) is 24.3 Å². The molecule has 1 fully saturated rings. The first-order valence-electron chi connectivity index (χ1n) is 12.3. The van der Waals surface area contributed by atoms with E-state index >= 15 is 0 Å². The first-order valence-corrected chi connectivity index (χ1v) is 12.3. The average molecular weight is 469 g/mol. The molecule has 2 aliphatic rings. The van der Waals surface area contributed by atoms with Crippen molar-refractivity contribution >= 4 is 34.6 Å². The molecule has 5 rings (SSSR count). The Kier molecular flexibility index (Phi) is 6.73. The molecule has 1 N–H and O–H groups in total. The highest BCUT2D eigenvalue weighted by Gasteiger charge is 2.32. The third-order valence-electron chi connectivity index (χ3n) is 6.97. The van der Waals surface area contributed by atoms with Gasteiger partial charge in [-0.1, -0.05) is 60.7 Å². The fourth-order valence-corrected chi connectivity index (χ4v) is 5.03. The molecule has 0 spiro atoms. The van der Waals surface area contributed by atoms with E-state index < -0.39 is 0 Å². The second kappa shape index (κ2) is 10.2.